The molecule has 3 atom stereocenters. The van der Waals surface area contributed by atoms with Gasteiger partial charge in [-0.2, -0.15) is 0 Å². The number of fused-ring (bicyclic) bond motifs is 2. The van der Waals surface area contributed by atoms with Gasteiger partial charge in [-0.15, -0.1) is 0 Å². The molecule has 2 aromatic rings. The molecule has 3 unspecified atom stereocenters. The maximum atomic E-state index is 13.6. The Labute approximate surface area is 215 Å². The molecular formula is C31H40N2O3. The molecule has 2 N–H and O–H groups in total. The van der Waals surface area contributed by atoms with Crippen molar-refractivity contribution in [1.29, 1.82) is 0 Å². The summed E-state index contributed by atoms with van der Waals surface area (Å²) in [6, 6.07) is 16.3. The number of aliphatic hydroxyl groups is 1. The number of hydrogen-bond acceptors (Lipinski definition) is 4. The van der Waals surface area contributed by atoms with Crippen molar-refractivity contribution in [2.24, 2.45) is 23.7 Å². The second kappa shape index (κ2) is 10.2. The molecular weight excluding hydrogens is 448 g/mol. The average molecular weight is 489 g/mol. The molecule has 0 radical (unpaired) electrons. The summed E-state index contributed by atoms with van der Waals surface area (Å²) in [5.41, 5.74) is 2.08. The third-order valence-corrected chi connectivity index (χ3v) is 9.42. The maximum absolute atomic E-state index is 13.6. The molecule has 1 saturated heterocycles. The van der Waals surface area contributed by atoms with Crippen molar-refractivity contribution >= 4 is 5.91 Å². The number of piperidine rings is 1. The Kier molecular flexibility index (Phi) is 6.78. The van der Waals surface area contributed by atoms with Crippen molar-refractivity contribution in [2.45, 2.75) is 57.0 Å². The summed E-state index contributed by atoms with van der Waals surface area (Å²) in [6.45, 7) is 4.86. The molecule has 36 heavy (non-hydrogen) atoms. The summed E-state index contributed by atoms with van der Waals surface area (Å²) in [7, 11) is 0. The number of hydrogen-bond donors (Lipinski definition) is 2. The van der Waals surface area contributed by atoms with Gasteiger partial charge in [0.05, 0.1) is 6.61 Å². The van der Waals surface area contributed by atoms with Gasteiger partial charge >= 0.3 is 0 Å². The number of amides is 1. The Morgan fingerprint density at radius 2 is 1.78 bits per heavy atom. The van der Waals surface area contributed by atoms with Gasteiger partial charge in [0.1, 0.15) is 5.75 Å². The molecule has 6 rings (SSSR count). The van der Waals surface area contributed by atoms with Crippen LogP contribution in [-0.2, 0) is 23.2 Å². The molecule has 2 aliphatic carbocycles. The Bertz CT molecular complexity index is 1050. The summed E-state index contributed by atoms with van der Waals surface area (Å²) in [5.74, 6) is 2.77. The van der Waals surface area contributed by atoms with Crippen LogP contribution in [0.3, 0.4) is 0 Å². The molecule has 2 aliphatic heterocycles. The molecule has 5 heteroatoms. The van der Waals surface area contributed by atoms with Gasteiger partial charge in [-0.25, -0.2) is 0 Å². The van der Waals surface area contributed by atoms with Crippen LogP contribution >= 0.6 is 0 Å². The first-order valence-corrected chi connectivity index (χ1v) is 14.2. The molecule has 0 aromatic heterocycles. The SMILES string of the molecule is O=C(NCC1C2CN(CCc3ccc4c(c3)CCO4)CC12)C(O)(c1ccccc1)C1CCCCCC1. The predicted molar refractivity (Wildman–Crippen MR) is 141 cm³/mol. The first-order chi connectivity index (χ1) is 17.6. The smallest absolute Gasteiger partial charge is 0.256 e. The third kappa shape index (κ3) is 4.68. The highest BCUT2D eigenvalue weighted by atomic mass is 16.5. The largest absolute Gasteiger partial charge is 0.493 e. The minimum atomic E-state index is -1.43. The molecule has 1 amide bonds. The lowest BCUT2D eigenvalue weighted by Gasteiger charge is -2.35. The minimum absolute atomic E-state index is 0.0117. The van der Waals surface area contributed by atoms with Crippen LogP contribution in [-0.4, -0.2) is 48.7 Å². The number of carbonyl (C=O) groups excluding carboxylic acids is 1. The average Bonchev–Trinajstić information content (AvgIpc) is 3.18. The number of likely N-dealkylation sites (tertiary alicyclic amines) is 1. The van der Waals surface area contributed by atoms with E-state index in [9.17, 15) is 9.90 Å². The van der Waals surface area contributed by atoms with Gasteiger partial charge < -0.3 is 20.1 Å². The van der Waals surface area contributed by atoms with E-state index in [4.69, 9.17) is 4.74 Å². The molecule has 192 valence electrons. The molecule has 2 heterocycles. The first-order valence-electron chi connectivity index (χ1n) is 14.2. The van der Waals surface area contributed by atoms with Gasteiger partial charge in [0.2, 0.25) is 0 Å². The van der Waals surface area contributed by atoms with E-state index in [1.807, 2.05) is 30.3 Å². The zero-order valence-electron chi connectivity index (χ0n) is 21.3. The lowest BCUT2D eigenvalue weighted by Crippen LogP contribution is -2.50. The van der Waals surface area contributed by atoms with Gasteiger partial charge in [0.15, 0.2) is 5.60 Å². The Hall–Kier alpha value is -2.37. The predicted octanol–water partition coefficient (Wildman–Crippen LogP) is 4.32. The van der Waals surface area contributed by atoms with Crippen LogP contribution in [0.15, 0.2) is 48.5 Å². The highest BCUT2D eigenvalue weighted by Crippen LogP contribution is 2.51. The van der Waals surface area contributed by atoms with E-state index in [0.717, 1.165) is 76.1 Å². The van der Waals surface area contributed by atoms with Crippen molar-refractivity contribution in [3.8, 4) is 5.75 Å². The van der Waals surface area contributed by atoms with Crippen LogP contribution in [0.5, 0.6) is 5.75 Å². The summed E-state index contributed by atoms with van der Waals surface area (Å²) < 4.78 is 5.63. The Morgan fingerprint density at radius 3 is 2.53 bits per heavy atom. The number of benzene rings is 2. The molecule has 0 bridgehead atoms. The maximum Gasteiger partial charge on any atom is 0.256 e. The normalized spacial score (nSPS) is 27.4. The minimum Gasteiger partial charge on any atom is -0.493 e. The van der Waals surface area contributed by atoms with Crippen LogP contribution in [0.4, 0.5) is 0 Å². The van der Waals surface area contributed by atoms with Gasteiger partial charge in [-0.05, 0) is 59.8 Å². The van der Waals surface area contributed by atoms with Crippen LogP contribution < -0.4 is 10.1 Å². The van der Waals surface area contributed by atoms with Crippen molar-refractivity contribution < 1.29 is 14.6 Å². The molecule has 0 spiro atoms. The second-order valence-corrected chi connectivity index (χ2v) is 11.6. The molecule has 3 fully saturated rings. The van der Waals surface area contributed by atoms with Crippen LogP contribution in [0.25, 0.3) is 0 Å². The fourth-order valence-corrected chi connectivity index (χ4v) is 7.19. The number of ether oxygens (including phenoxy) is 1. The van der Waals surface area contributed by atoms with E-state index in [0.29, 0.717) is 24.3 Å². The molecule has 4 aliphatic rings. The number of rotatable bonds is 8. The highest BCUT2D eigenvalue weighted by Gasteiger charge is 2.55. The fourth-order valence-electron chi connectivity index (χ4n) is 7.19. The van der Waals surface area contributed by atoms with E-state index in [1.54, 1.807) is 0 Å². The lowest BCUT2D eigenvalue weighted by molar-refractivity contribution is -0.148. The van der Waals surface area contributed by atoms with Crippen LogP contribution in [0.1, 0.15) is 55.2 Å². The van der Waals surface area contributed by atoms with Crippen molar-refractivity contribution in [2.75, 3.05) is 32.8 Å². The first kappa shape index (κ1) is 24.0. The molecule has 5 nitrogen and oxygen atoms in total. The van der Waals surface area contributed by atoms with Crippen LogP contribution in [0, 0.1) is 23.7 Å². The van der Waals surface area contributed by atoms with Crippen molar-refractivity contribution in [1.82, 2.24) is 10.2 Å². The fraction of sp³-hybridized carbons (Fsp3) is 0.581. The molecule has 2 aromatic carbocycles. The number of nitrogens with zero attached hydrogens (tertiary/aromatic N) is 1. The topological polar surface area (TPSA) is 61.8 Å². The quantitative estimate of drug-likeness (QED) is 0.544. The van der Waals surface area contributed by atoms with E-state index in [2.05, 4.69) is 28.4 Å². The number of carbonyl (C=O) groups is 1. The zero-order valence-corrected chi connectivity index (χ0v) is 21.3. The van der Waals surface area contributed by atoms with E-state index < -0.39 is 5.60 Å². The Balaban J connectivity index is 1.01. The van der Waals surface area contributed by atoms with Crippen molar-refractivity contribution in [3.63, 3.8) is 0 Å². The molecule has 2 saturated carbocycles. The summed E-state index contributed by atoms with van der Waals surface area (Å²) in [4.78, 5) is 16.1. The second-order valence-electron chi connectivity index (χ2n) is 11.6. The lowest BCUT2D eigenvalue weighted by atomic mass is 9.76. The summed E-state index contributed by atoms with van der Waals surface area (Å²) in [6.07, 6.45) is 8.53. The van der Waals surface area contributed by atoms with Gasteiger partial charge in [-0.1, -0.05) is 68.1 Å². The van der Waals surface area contributed by atoms with E-state index in [1.165, 1.54) is 24.0 Å². The van der Waals surface area contributed by atoms with Gasteiger partial charge in [-0.3, -0.25) is 4.79 Å². The zero-order chi connectivity index (χ0) is 24.5. The monoisotopic (exact) mass is 488 g/mol. The summed E-state index contributed by atoms with van der Waals surface area (Å²) in [5, 5.41) is 15.1. The van der Waals surface area contributed by atoms with Crippen LogP contribution in [0.2, 0.25) is 0 Å². The van der Waals surface area contributed by atoms with E-state index >= 15 is 0 Å². The van der Waals surface area contributed by atoms with Gasteiger partial charge in [0.25, 0.3) is 5.91 Å². The number of nitrogens with one attached hydrogen (secondary N) is 1. The standard InChI is InChI=1S/C31H40N2O3/c34-30(31(35,25-10-6-3-7-11-25)24-8-4-1-2-5-9-24)32-19-26-27-20-33(21-28(26)27)16-14-22-12-13-29-23(18-22)15-17-36-29/h3,6-7,10-13,18,24,26-28,35H,1-2,4-5,8-9,14-17,19-21H2,(H,32,34). The highest BCUT2D eigenvalue weighted by molar-refractivity contribution is 5.86. The van der Waals surface area contributed by atoms with E-state index in [-0.39, 0.29) is 11.8 Å². The van der Waals surface area contributed by atoms with Gasteiger partial charge in [0, 0.05) is 38.5 Å². The summed E-state index contributed by atoms with van der Waals surface area (Å²) >= 11 is 0. The third-order valence-electron chi connectivity index (χ3n) is 9.42. The Morgan fingerprint density at radius 1 is 1.03 bits per heavy atom. The van der Waals surface area contributed by atoms with Crippen molar-refractivity contribution in [3.05, 3.63) is 65.2 Å².